The van der Waals surface area contributed by atoms with Gasteiger partial charge in [0.05, 0.1) is 0 Å². The summed E-state index contributed by atoms with van der Waals surface area (Å²) in [4.78, 5) is 4.87. The van der Waals surface area contributed by atoms with E-state index >= 15 is 0 Å². The number of likely N-dealkylation sites (N-methyl/N-ethyl adjacent to an activating group) is 1. The normalized spacial score (nSPS) is 17.8. The standard InChI is InChI=1S/C14H21Cl2N3/c1-18-6-8-19(9-7-18)5-4-17-11-12-2-3-13(15)10-14(12)16/h2-3,10,17H,4-9,11H2,1H3. The molecular formula is C14H21Cl2N3. The fourth-order valence-corrected chi connectivity index (χ4v) is 2.67. The van der Waals surface area contributed by atoms with Crippen molar-refractivity contribution in [3.05, 3.63) is 33.8 Å². The molecule has 1 aromatic rings. The minimum absolute atomic E-state index is 0.686. The van der Waals surface area contributed by atoms with Gasteiger partial charge < -0.3 is 10.2 Å². The first-order valence-corrected chi connectivity index (χ1v) is 7.46. The summed E-state index contributed by atoms with van der Waals surface area (Å²) in [6.07, 6.45) is 0. The highest BCUT2D eigenvalue weighted by Gasteiger charge is 2.12. The maximum absolute atomic E-state index is 6.13. The third kappa shape index (κ3) is 4.93. The lowest BCUT2D eigenvalue weighted by Gasteiger charge is -2.32. The fourth-order valence-electron chi connectivity index (χ4n) is 2.20. The number of nitrogens with one attached hydrogen (secondary N) is 1. The van der Waals surface area contributed by atoms with Gasteiger partial charge in [0.1, 0.15) is 0 Å². The second-order valence-corrected chi connectivity index (χ2v) is 5.90. The van der Waals surface area contributed by atoms with Crippen molar-refractivity contribution in [1.29, 1.82) is 0 Å². The highest BCUT2D eigenvalue weighted by molar-refractivity contribution is 6.35. The Labute approximate surface area is 125 Å². The van der Waals surface area contributed by atoms with Crippen molar-refractivity contribution >= 4 is 23.2 Å². The Morgan fingerprint density at radius 2 is 1.89 bits per heavy atom. The second-order valence-electron chi connectivity index (χ2n) is 5.06. The largest absolute Gasteiger partial charge is 0.311 e. The molecular weight excluding hydrogens is 281 g/mol. The van der Waals surface area contributed by atoms with E-state index in [-0.39, 0.29) is 0 Å². The first kappa shape index (κ1) is 15.1. The summed E-state index contributed by atoms with van der Waals surface area (Å²) in [7, 11) is 2.18. The third-order valence-electron chi connectivity index (χ3n) is 3.53. The van der Waals surface area contributed by atoms with Gasteiger partial charge in [0.15, 0.2) is 0 Å². The molecule has 1 aliphatic heterocycles. The summed E-state index contributed by atoms with van der Waals surface area (Å²) in [6, 6.07) is 5.65. The molecule has 1 heterocycles. The van der Waals surface area contributed by atoms with E-state index in [0.29, 0.717) is 5.02 Å². The summed E-state index contributed by atoms with van der Waals surface area (Å²) in [5.74, 6) is 0. The van der Waals surface area contributed by atoms with Gasteiger partial charge in [-0.1, -0.05) is 29.3 Å². The minimum atomic E-state index is 0.686. The fraction of sp³-hybridized carbons (Fsp3) is 0.571. The minimum Gasteiger partial charge on any atom is -0.311 e. The third-order valence-corrected chi connectivity index (χ3v) is 4.12. The van der Waals surface area contributed by atoms with Crippen molar-refractivity contribution in [3.8, 4) is 0 Å². The van der Waals surface area contributed by atoms with Crippen LogP contribution in [-0.4, -0.2) is 56.1 Å². The van der Waals surface area contributed by atoms with E-state index in [4.69, 9.17) is 23.2 Å². The Kier molecular flexibility index (Phi) is 5.92. The molecule has 0 unspecified atom stereocenters. The lowest BCUT2D eigenvalue weighted by molar-refractivity contribution is 0.154. The Balaban J connectivity index is 1.66. The van der Waals surface area contributed by atoms with Crippen LogP contribution >= 0.6 is 23.2 Å². The van der Waals surface area contributed by atoms with Crippen molar-refractivity contribution in [3.63, 3.8) is 0 Å². The predicted molar refractivity (Wildman–Crippen MR) is 82.1 cm³/mol. The summed E-state index contributed by atoms with van der Waals surface area (Å²) < 4.78 is 0. The summed E-state index contributed by atoms with van der Waals surface area (Å²) >= 11 is 12.0. The zero-order valence-corrected chi connectivity index (χ0v) is 12.8. The van der Waals surface area contributed by atoms with E-state index < -0.39 is 0 Å². The first-order chi connectivity index (χ1) is 9.15. The summed E-state index contributed by atoms with van der Waals surface area (Å²) in [6.45, 7) is 7.55. The quantitative estimate of drug-likeness (QED) is 0.842. The maximum atomic E-state index is 6.13. The number of piperazine rings is 1. The van der Waals surface area contributed by atoms with E-state index in [1.54, 1.807) is 6.07 Å². The lowest BCUT2D eigenvalue weighted by Crippen LogP contribution is -2.46. The van der Waals surface area contributed by atoms with Crippen LogP contribution in [-0.2, 0) is 6.54 Å². The zero-order chi connectivity index (χ0) is 13.7. The molecule has 0 aromatic heterocycles. The van der Waals surface area contributed by atoms with Gasteiger partial charge in [0.25, 0.3) is 0 Å². The van der Waals surface area contributed by atoms with Gasteiger partial charge in [0, 0.05) is 55.9 Å². The lowest BCUT2D eigenvalue weighted by atomic mass is 10.2. The average Bonchev–Trinajstić information content (AvgIpc) is 2.39. The van der Waals surface area contributed by atoms with Gasteiger partial charge in [-0.15, -0.1) is 0 Å². The molecule has 1 fully saturated rings. The Morgan fingerprint density at radius 3 is 2.58 bits per heavy atom. The van der Waals surface area contributed by atoms with Crippen molar-refractivity contribution in [1.82, 2.24) is 15.1 Å². The monoisotopic (exact) mass is 301 g/mol. The molecule has 1 aromatic carbocycles. The Bertz CT molecular complexity index is 404. The smallest absolute Gasteiger partial charge is 0.0465 e. The van der Waals surface area contributed by atoms with Gasteiger partial charge in [-0.3, -0.25) is 4.90 Å². The van der Waals surface area contributed by atoms with Gasteiger partial charge in [-0.2, -0.15) is 0 Å². The predicted octanol–water partition coefficient (Wildman–Crippen LogP) is 2.33. The van der Waals surface area contributed by atoms with Gasteiger partial charge in [0.2, 0.25) is 0 Å². The number of hydrogen-bond acceptors (Lipinski definition) is 3. The van der Waals surface area contributed by atoms with Crippen molar-refractivity contribution in [2.24, 2.45) is 0 Å². The second kappa shape index (κ2) is 7.46. The Morgan fingerprint density at radius 1 is 1.16 bits per heavy atom. The number of halogens is 2. The van der Waals surface area contributed by atoms with Crippen LogP contribution < -0.4 is 5.32 Å². The van der Waals surface area contributed by atoms with E-state index in [9.17, 15) is 0 Å². The number of rotatable bonds is 5. The molecule has 0 saturated carbocycles. The molecule has 0 radical (unpaired) electrons. The van der Waals surface area contributed by atoms with Crippen LogP contribution in [0.2, 0.25) is 10.0 Å². The van der Waals surface area contributed by atoms with Crippen LogP contribution in [0.3, 0.4) is 0 Å². The first-order valence-electron chi connectivity index (χ1n) is 6.71. The van der Waals surface area contributed by atoms with Crippen molar-refractivity contribution in [2.45, 2.75) is 6.54 Å². The molecule has 0 aliphatic carbocycles. The highest BCUT2D eigenvalue weighted by atomic mass is 35.5. The highest BCUT2D eigenvalue weighted by Crippen LogP contribution is 2.20. The molecule has 0 spiro atoms. The molecule has 0 bridgehead atoms. The molecule has 2 rings (SSSR count). The molecule has 19 heavy (non-hydrogen) atoms. The maximum Gasteiger partial charge on any atom is 0.0465 e. The van der Waals surface area contributed by atoms with Gasteiger partial charge in [-0.25, -0.2) is 0 Å². The van der Waals surface area contributed by atoms with Gasteiger partial charge >= 0.3 is 0 Å². The molecule has 3 nitrogen and oxygen atoms in total. The molecule has 1 N–H and O–H groups in total. The van der Waals surface area contributed by atoms with Crippen molar-refractivity contribution in [2.75, 3.05) is 46.3 Å². The molecule has 1 saturated heterocycles. The van der Waals surface area contributed by atoms with Crippen LogP contribution in [0.15, 0.2) is 18.2 Å². The van der Waals surface area contributed by atoms with E-state index in [1.807, 2.05) is 12.1 Å². The topological polar surface area (TPSA) is 18.5 Å². The van der Waals surface area contributed by atoms with Crippen molar-refractivity contribution < 1.29 is 0 Å². The SMILES string of the molecule is CN1CCN(CCNCc2ccc(Cl)cc2Cl)CC1. The zero-order valence-electron chi connectivity index (χ0n) is 11.3. The van der Waals surface area contributed by atoms with Crippen LogP contribution in [0.1, 0.15) is 5.56 Å². The van der Waals surface area contributed by atoms with Crippen LogP contribution in [0.4, 0.5) is 0 Å². The number of nitrogens with zero attached hydrogens (tertiary/aromatic N) is 2. The molecule has 5 heteroatoms. The molecule has 0 amide bonds. The Hall–Kier alpha value is -0.320. The van der Waals surface area contributed by atoms with Crippen LogP contribution in [0.25, 0.3) is 0 Å². The molecule has 0 atom stereocenters. The molecule has 106 valence electrons. The van der Waals surface area contributed by atoms with E-state index in [2.05, 4.69) is 22.2 Å². The number of hydrogen-bond donors (Lipinski definition) is 1. The summed E-state index contributed by atoms with van der Waals surface area (Å²) in [5, 5.41) is 4.86. The number of benzene rings is 1. The van der Waals surface area contributed by atoms with Crippen LogP contribution in [0, 0.1) is 0 Å². The van der Waals surface area contributed by atoms with E-state index in [0.717, 1.165) is 30.2 Å². The van der Waals surface area contributed by atoms with Crippen LogP contribution in [0.5, 0.6) is 0 Å². The summed E-state index contributed by atoms with van der Waals surface area (Å²) in [5.41, 5.74) is 1.10. The van der Waals surface area contributed by atoms with Gasteiger partial charge in [-0.05, 0) is 24.7 Å². The average molecular weight is 302 g/mol. The molecule has 1 aliphatic rings. The van der Waals surface area contributed by atoms with E-state index in [1.165, 1.54) is 26.2 Å².